The van der Waals surface area contributed by atoms with Gasteiger partial charge in [0.25, 0.3) is 0 Å². The molecule has 1 saturated carbocycles. The van der Waals surface area contributed by atoms with Crippen LogP contribution < -0.4 is 9.64 Å². The molecule has 0 spiro atoms. The summed E-state index contributed by atoms with van der Waals surface area (Å²) in [6.45, 7) is 1.93. The van der Waals surface area contributed by atoms with Gasteiger partial charge in [0.2, 0.25) is 0 Å². The second-order valence-corrected chi connectivity index (χ2v) is 7.43. The number of carbonyl (C=O) groups is 1. The van der Waals surface area contributed by atoms with Crippen LogP contribution in [-0.2, 0) is 11.2 Å². The van der Waals surface area contributed by atoms with E-state index in [2.05, 4.69) is 29.2 Å². The van der Waals surface area contributed by atoms with E-state index in [1.54, 1.807) is 0 Å². The molecule has 1 saturated heterocycles. The monoisotopic (exact) mass is 351 g/mol. The highest BCUT2D eigenvalue weighted by atomic mass is 16.5. The Morgan fingerprint density at radius 2 is 1.88 bits per heavy atom. The number of rotatable bonds is 7. The second kappa shape index (κ2) is 7.40. The lowest BCUT2D eigenvalue weighted by Crippen LogP contribution is -2.24. The molecule has 0 radical (unpaired) electrons. The summed E-state index contributed by atoms with van der Waals surface area (Å²) >= 11 is 0. The van der Waals surface area contributed by atoms with Gasteiger partial charge in [0, 0.05) is 18.7 Å². The SMILES string of the molecule is O=C(O)[C@H]1C[C@@H]1CCc1ccc(N2CCC(Oc3ccccc3)C2)cc1. The zero-order chi connectivity index (χ0) is 17.9. The largest absolute Gasteiger partial charge is 0.489 e. The highest BCUT2D eigenvalue weighted by Crippen LogP contribution is 2.42. The lowest BCUT2D eigenvalue weighted by molar-refractivity contribution is -0.138. The Labute approximate surface area is 154 Å². The van der Waals surface area contributed by atoms with Crippen molar-refractivity contribution in [3.05, 3.63) is 60.2 Å². The summed E-state index contributed by atoms with van der Waals surface area (Å²) in [4.78, 5) is 13.3. The van der Waals surface area contributed by atoms with Gasteiger partial charge in [0.1, 0.15) is 11.9 Å². The second-order valence-electron chi connectivity index (χ2n) is 7.43. The number of aryl methyl sites for hydroxylation is 1. The van der Waals surface area contributed by atoms with E-state index in [1.165, 1.54) is 11.3 Å². The zero-order valence-electron chi connectivity index (χ0n) is 14.9. The van der Waals surface area contributed by atoms with E-state index in [0.29, 0.717) is 5.92 Å². The van der Waals surface area contributed by atoms with Crippen molar-refractivity contribution in [2.75, 3.05) is 18.0 Å². The zero-order valence-corrected chi connectivity index (χ0v) is 14.9. The van der Waals surface area contributed by atoms with Crippen LogP contribution in [0, 0.1) is 11.8 Å². The molecule has 1 heterocycles. The molecule has 26 heavy (non-hydrogen) atoms. The molecule has 1 N–H and O–H groups in total. The van der Waals surface area contributed by atoms with E-state index < -0.39 is 5.97 Å². The van der Waals surface area contributed by atoms with Crippen molar-refractivity contribution in [3.8, 4) is 5.75 Å². The molecule has 1 aliphatic heterocycles. The summed E-state index contributed by atoms with van der Waals surface area (Å²) in [7, 11) is 0. The average Bonchev–Trinajstić information content (AvgIpc) is 3.31. The minimum Gasteiger partial charge on any atom is -0.489 e. The first-order valence-corrected chi connectivity index (χ1v) is 9.47. The molecule has 0 aromatic heterocycles. The third-order valence-electron chi connectivity index (χ3n) is 5.54. The van der Waals surface area contributed by atoms with Crippen LogP contribution in [0.2, 0.25) is 0 Å². The third kappa shape index (κ3) is 4.01. The number of para-hydroxylation sites is 1. The summed E-state index contributed by atoms with van der Waals surface area (Å²) in [6.07, 6.45) is 4.07. The maximum absolute atomic E-state index is 10.9. The smallest absolute Gasteiger partial charge is 0.306 e. The quantitative estimate of drug-likeness (QED) is 0.819. The lowest BCUT2D eigenvalue weighted by Gasteiger charge is -2.19. The summed E-state index contributed by atoms with van der Waals surface area (Å²) in [5.74, 6) is 0.586. The highest BCUT2D eigenvalue weighted by molar-refractivity contribution is 5.73. The minimum atomic E-state index is -0.633. The van der Waals surface area contributed by atoms with Crippen molar-refractivity contribution in [2.24, 2.45) is 11.8 Å². The fraction of sp³-hybridized carbons (Fsp3) is 0.409. The van der Waals surface area contributed by atoms with Gasteiger partial charge in [-0.05, 0) is 55.0 Å². The van der Waals surface area contributed by atoms with E-state index in [9.17, 15) is 4.79 Å². The van der Waals surface area contributed by atoms with E-state index in [1.807, 2.05) is 30.3 Å². The molecule has 4 rings (SSSR count). The van der Waals surface area contributed by atoms with E-state index >= 15 is 0 Å². The van der Waals surface area contributed by atoms with Crippen LogP contribution in [0.3, 0.4) is 0 Å². The average molecular weight is 351 g/mol. The number of nitrogens with zero attached hydrogens (tertiary/aromatic N) is 1. The fourth-order valence-electron chi connectivity index (χ4n) is 3.85. The van der Waals surface area contributed by atoms with Crippen molar-refractivity contribution in [1.82, 2.24) is 0 Å². The van der Waals surface area contributed by atoms with E-state index in [4.69, 9.17) is 9.84 Å². The number of carboxylic acids is 1. The molecule has 2 aromatic carbocycles. The van der Waals surface area contributed by atoms with E-state index in [0.717, 1.165) is 44.5 Å². The first-order chi connectivity index (χ1) is 12.7. The Morgan fingerprint density at radius 3 is 2.58 bits per heavy atom. The molecule has 2 fully saturated rings. The summed E-state index contributed by atoms with van der Waals surface area (Å²) in [6, 6.07) is 18.7. The Bertz CT molecular complexity index is 744. The maximum Gasteiger partial charge on any atom is 0.306 e. The van der Waals surface area contributed by atoms with Crippen LogP contribution in [0.15, 0.2) is 54.6 Å². The van der Waals surface area contributed by atoms with Crippen LogP contribution in [0.4, 0.5) is 5.69 Å². The fourth-order valence-corrected chi connectivity index (χ4v) is 3.85. The highest BCUT2D eigenvalue weighted by Gasteiger charge is 2.42. The standard InChI is InChI=1S/C22H25NO3/c24-22(25)21-14-17(21)9-6-16-7-10-18(11-8-16)23-13-12-20(15-23)26-19-4-2-1-3-5-19/h1-5,7-8,10-11,17,20-21H,6,9,12-15H2,(H,24,25)/t17-,20?,21-/m0/s1. The first-order valence-electron chi connectivity index (χ1n) is 9.47. The van der Waals surface area contributed by atoms with Gasteiger partial charge in [-0.25, -0.2) is 0 Å². The number of anilines is 1. The van der Waals surface area contributed by atoms with Crippen molar-refractivity contribution >= 4 is 11.7 Å². The Balaban J connectivity index is 1.27. The minimum absolute atomic E-state index is 0.0968. The van der Waals surface area contributed by atoms with Crippen molar-refractivity contribution < 1.29 is 14.6 Å². The Kier molecular flexibility index (Phi) is 4.83. The maximum atomic E-state index is 10.9. The van der Waals surface area contributed by atoms with Gasteiger partial charge in [-0.1, -0.05) is 30.3 Å². The van der Waals surface area contributed by atoms with Gasteiger partial charge in [0.05, 0.1) is 12.5 Å². The molecule has 4 heteroatoms. The number of benzene rings is 2. The number of hydrogen-bond donors (Lipinski definition) is 1. The molecule has 2 aliphatic rings. The number of aliphatic carboxylic acids is 1. The molecule has 2 aromatic rings. The molecule has 4 nitrogen and oxygen atoms in total. The Hall–Kier alpha value is -2.49. The van der Waals surface area contributed by atoms with Crippen LogP contribution in [-0.4, -0.2) is 30.3 Å². The Morgan fingerprint density at radius 1 is 1.12 bits per heavy atom. The summed E-state index contributed by atoms with van der Waals surface area (Å²) < 4.78 is 6.06. The van der Waals surface area contributed by atoms with Gasteiger partial charge in [0.15, 0.2) is 0 Å². The molecule has 0 amide bonds. The molecule has 136 valence electrons. The van der Waals surface area contributed by atoms with Gasteiger partial charge < -0.3 is 14.7 Å². The first kappa shape index (κ1) is 17.0. The predicted octanol–water partition coefficient (Wildman–Crippen LogP) is 4.00. The molecule has 0 bridgehead atoms. The third-order valence-corrected chi connectivity index (χ3v) is 5.54. The van der Waals surface area contributed by atoms with Crippen molar-refractivity contribution in [1.29, 1.82) is 0 Å². The lowest BCUT2D eigenvalue weighted by atomic mass is 10.1. The predicted molar refractivity (Wildman–Crippen MR) is 102 cm³/mol. The molecule has 3 atom stereocenters. The van der Waals surface area contributed by atoms with Crippen molar-refractivity contribution in [2.45, 2.75) is 31.8 Å². The summed E-state index contributed by atoms with van der Waals surface area (Å²) in [5.41, 5.74) is 2.53. The molecule has 1 aliphatic carbocycles. The van der Waals surface area contributed by atoms with Gasteiger partial charge in [-0.3, -0.25) is 4.79 Å². The van der Waals surface area contributed by atoms with Gasteiger partial charge in [-0.15, -0.1) is 0 Å². The summed E-state index contributed by atoms with van der Waals surface area (Å²) in [5, 5.41) is 8.98. The van der Waals surface area contributed by atoms with Crippen LogP contribution >= 0.6 is 0 Å². The van der Waals surface area contributed by atoms with E-state index in [-0.39, 0.29) is 12.0 Å². The molecule has 1 unspecified atom stereocenters. The van der Waals surface area contributed by atoms with Crippen LogP contribution in [0.5, 0.6) is 5.75 Å². The van der Waals surface area contributed by atoms with Gasteiger partial charge in [-0.2, -0.15) is 0 Å². The number of carboxylic acid groups (broad SMARTS) is 1. The molecular formula is C22H25NO3. The van der Waals surface area contributed by atoms with Crippen LogP contribution in [0.1, 0.15) is 24.8 Å². The number of ether oxygens (including phenoxy) is 1. The topological polar surface area (TPSA) is 49.8 Å². The molecular weight excluding hydrogens is 326 g/mol. The normalized spacial score (nSPS) is 24.5. The van der Waals surface area contributed by atoms with Crippen LogP contribution in [0.25, 0.3) is 0 Å². The van der Waals surface area contributed by atoms with Crippen molar-refractivity contribution in [3.63, 3.8) is 0 Å². The number of hydrogen-bond acceptors (Lipinski definition) is 3. The van der Waals surface area contributed by atoms with Gasteiger partial charge >= 0.3 is 5.97 Å².